The molecule has 0 radical (unpaired) electrons. The standard InChI is InChI=1S/C23H28N2OS/c1-17(19-8-6-5-7-9-19)25-21(15-26)14-24-22(25)27-16-18-10-12-20(13-11-18)23(2,3)4/h5-14,17,26H,15-16H2,1-4H3/t17-/m1/s1. The smallest absolute Gasteiger partial charge is 0.169 e. The molecule has 0 fully saturated rings. The Labute approximate surface area is 166 Å². The summed E-state index contributed by atoms with van der Waals surface area (Å²) in [5.41, 5.74) is 4.85. The lowest BCUT2D eigenvalue weighted by Crippen LogP contribution is -2.12. The number of rotatable bonds is 6. The van der Waals surface area contributed by atoms with E-state index < -0.39 is 0 Å². The molecule has 0 aliphatic rings. The summed E-state index contributed by atoms with van der Waals surface area (Å²) in [5.74, 6) is 0.855. The van der Waals surface area contributed by atoms with Crippen molar-refractivity contribution < 1.29 is 5.11 Å². The van der Waals surface area contributed by atoms with Crippen molar-refractivity contribution >= 4 is 11.8 Å². The van der Waals surface area contributed by atoms with Gasteiger partial charge in [-0.2, -0.15) is 0 Å². The molecule has 27 heavy (non-hydrogen) atoms. The first kappa shape index (κ1) is 19.7. The maximum Gasteiger partial charge on any atom is 0.169 e. The molecule has 2 aromatic carbocycles. The fourth-order valence-electron chi connectivity index (χ4n) is 3.14. The number of aliphatic hydroxyl groups excluding tert-OH is 1. The molecule has 142 valence electrons. The zero-order chi connectivity index (χ0) is 19.4. The molecule has 0 saturated heterocycles. The highest BCUT2D eigenvalue weighted by atomic mass is 32.2. The first-order valence-corrected chi connectivity index (χ1v) is 10.3. The van der Waals surface area contributed by atoms with Gasteiger partial charge in [0.25, 0.3) is 0 Å². The summed E-state index contributed by atoms with van der Waals surface area (Å²) in [6.07, 6.45) is 1.78. The third kappa shape index (κ3) is 4.63. The lowest BCUT2D eigenvalue weighted by molar-refractivity contribution is 0.267. The van der Waals surface area contributed by atoms with Crippen LogP contribution < -0.4 is 0 Å². The Morgan fingerprint density at radius 1 is 1.04 bits per heavy atom. The normalized spacial score (nSPS) is 12.9. The Bertz CT molecular complexity index is 864. The van der Waals surface area contributed by atoms with Gasteiger partial charge in [0.1, 0.15) is 0 Å². The SMILES string of the molecule is C[C@H](c1ccccc1)n1c(CO)cnc1SCc1ccc(C(C)(C)C)cc1. The second-order valence-corrected chi connectivity index (χ2v) is 8.82. The van der Waals surface area contributed by atoms with Crippen LogP contribution >= 0.6 is 11.8 Å². The zero-order valence-electron chi connectivity index (χ0n) is 16.5. The van der Waals surface area contributed by atoms with E-state index in [4.69, 9.17) is 0 Å². The molecule has 0 saturated carbocycles. The molecule has 3 rings (SSSR count). The first-order chi connectivity index (χ1) is 12.9. The van der Waals surface area contributed by atoms with Crippen molar-refractivity contribution in [3.8, 4) is 0 Å². The molecule has 4 heteroatoms. The Balaban J connectivity index is 1.79. The molecule has 1 N–H and O–H groups in total. The third-order valence-corrected chi connectivity index (χ3v) is 5.90. The fourth-order valence-corrected chi connectivity index (χ4v) is 4.17. The number of imidazole rings is 1. The summed E-state index contributed by atoms with van der Waals surface area (Å²) in [6, 6.07) is 19.3. The molecule has 0 aliphatic heterocycles. The summed E-state index contributed by atoms with van der Waals surface area (Å²) in [6.45, 7) is 8.84. The Morgan fingerprint density at radius 2 is 1.70 bits per heavy atom. The van der Waals surface area contributed by atoms with Gasteiger partial charge < -0.3 is 9.67 Å². The van der Waals surface area contributed by atoms with Crippen LogP contribution in [0.3, 0.4) is 0 Å². The highest BCUT2D eigenvalue weighted by Gasteiger charge is 2.17. The van der Waals surface area contributed by atoms with E-state index >= 15 is 0 Å². The summed E-state index contributed by atoms with van der Waals surface area (Å²) in [7, 11) is 0. The predicted octanol–water partition coefficient (Wildman–Crippen LogP) is 5.57. The van der Waals surface area contributed by atoms with Crippen molar-refractivity contribution in [3.05, 3.63) is 83.2 Å². The van der Waals surface area contributed by atoms with Crippen LogP contribution in [0.2, 0.25) is 0 Å². The lowest BCUT2D eigenvalue weighted by atomic mass is 9.87. The molecule has 1 heterocycles. The van der Waals surface area contributed by atoms with E-state index in [1.807, 2.05) is 18.2 Å². The van der Waals surface area contributed by atoms with Crippen LogP contribution in [-0.2, 0) is 17.8 Å². The number of hydrogen-bond donors (Lipinski definition) is 1. The number of aliphatic hydroxyl groups is 1. The number of benzene rings is 2. The van der Waals surface area contributed by atoms with Gasteiger partial charge in [-0.3, -0.25) is 0 Å². The minimum Gasteiger partial charge on any atom is -0.390 e. The fraction of sp³-hybridized carbons (Fsp3) is 0.348. The van der Waals surface area contributed by atoms with Crippen molar-refractivity contribution in [2.75, 3.05) is 0 Å². The van der Waals surface area contributed by atoms with Crippen molar-refractivity contribution in [3.63, 3.8) is 0 Å². The summed E-state index contributed by atoms with van der Waals surface area (Å²) in [5, 5.41) is 10.7. The lowest BCUT2D eigenvalue weighted by Gasteiger charge is -2.20. The quantitative estimate of drug-likeness (QED) is 0.568. The van der Waals surface area contributed by atoms with Crippen LogP contribution in [-0.4, -0.2) is 14.7 Å². The first-order valence-electron chi connectivity index (χ1n) is 9.34. The van der Waals surface area contributed by atoms with E-state index in [0.29, 0.717) is 0 Å². The minimum absolute atomic E-state index is 0.00892. The highest BCUT2D eigenvalue weighted by molar-refractivity contribution is 7.98. The molecule has 1 atom stereocenters. The van der Waals surface area contributed by atoms with Crippen LogP contribution in [0.25, 0.3) is 0 Å². The molecule has 0 spiro atoms. The van der Waals surface area contributed by atoms with Gasteiger partial charge in [0.15, 0.2) is 5.16 Å². The highest BCUT2D eigenvalue weighted by Crippen LogP contribution is 2.30. The maximum atomic E-state index is 9.75. The van der Waals surface area contributed by atoms with E-state index in [9.17, 15) is 5.11 Å². The maximum absolute atomic E-state index is 9.75. The van der Waals surface area contributed by atoms with E-state index in [1.165, 1.54) is 16.7 Å². The van der Waals surface area contributed by atoms with Gasteiger partial charge in [0.2, 0.25) is 0 Å². The number of thioether (sulfide) groups is 1. The Hall–Kier alpha value is -2.04. The summed E-state index contributed by atoms with van der Waals surface area (Å²) in [4.78, 5) is 4.57. The third-order valence-electron chi connectivity index (χ3n) is 4.86. The number of aromatic nitrogens is 2. The second kappa shape index (κ2) is 8.32. The molecule has 3 aromatic rings. The van der Waals surface area contributed by atoms with Crippen LogP contribution in [0.4, 0.5) is 0 Å². The topological polar surface area (TPSA) is 38.0 Å². The molecule has 0 bridgehead atoms. The Morgan fingerprint density at radius 3 is 2.30 bits per heavy atom. The summed E-state index contributed by atoms with van der Waals surface area (Å²) >= 11 is 1.71. The number of nitrogens with zero attached hydrogens (tertiary/aromatic N) is 2. The van der Waals surface area contributed by atoms with Crippen molar-refractivity contribution in [1.82, 2.24) is 9.55 Å². The van der Waals surface area contributed by atoms with E-state index in [2.05, 4.69) is 73.6 Å². The Kier molecular flexibility index (Phi) is 6.08. The second-order valence-electron chi connectivity index (χ2n) is 7.88. The molecular weight excluding hydrogens is 352 g/mol. The minimum atomic E-state index is -0.00892. The van der Waals surface area contributed by atoms with Crippen molar-refractivity contribution in [2.24, 2.45) is 0 Å². The monoisotopic (exact) mass is 380 g/mol. The molecular formula is C23H28N2OS. The van der Waals surface area contributed by atoms with Crippen molar-refractivity contribution in [2.45, 2.75) is 56.7 Å². The van der Waals surface area contributed by atoms with Crippen molar-refractivity contribution in [1.29, 1.82) is 0 Å². The van der Waals surface area contributed by atoms with Crippen LogP contribution in [0.1, 0.15) is 56.1 Å². The molecule has 3 nitrogen and oxygen atoms in total. The van der Waals surface area contributed by atoms with E-state index in [0.717, 1.165) is 16.6 Å². The van der Waals surface area contributed by atoms with Gasteiger partial charge in [0.05, 0.1) is 24.5 Å². The predicted molar refractivity (Wildman–Crippen MR) is 113 cm³/mol. The van der Waals surface area contributed by atoms with Gasteiger partial charge in [-0.25, -0.2) is 4.98 Å². The van der Waals surface area contributed by atoms with Crippen LogP contribution in [0.5, 0.6) is 0 Å². The van der Waals surface area contributed by atoms with Crippen LogP contribution in [0, 0.1) is 0 Å². The van der Waals surface area contributed by atoms with Gasteiger partial charge >= 0.3 is 0 Å². The molecule has 1 aromatic heterocycles. The average Bonchev–Trinajstić information content (AvgIpc) is 3.09. The van der Waals surface area contributed by atoms with Crippen LogP contribution in [0.15, 0.2) is 66.0 Å². The number of hydrogen-bond acceptors (Lipinski definition) is 3. The van der Waals surface area contributed by atoms with Gasteiger partial charge in [-0.15, -0.1) is 0 Å². The van der Waals surface area contributed by atoms with E-state index in [1.54, 1.807) is 18.0 Å². The largest absolute Gasteiger partial charge is 0.390 e. The molecule has 0 amide bonds. The molecule has 0 unspecified atom stereocenters. The van der Waals surface area contributed by atoms with Gasteiger partial charge in [-0.1, -0.05) is 87.1 Å². The zero-order valence-corrected chi connectivity index (χ0v) is 17.3. The molecule has 0 aliphatic carbocycles. The van der Waals surface area contributed by atoms with E-state index in [-0.39, 0.29) is 18.1 Å². The average molecular weight is 381 g/mol. The van der Waals surface area contributed by atoms with Gasteiger partial charge in [0, 0.05) is 5.75 Å². The summed E-state index contributed by atoms with van der Waals surface area (Å²) < 4.78 is 2.14. The van der Waals surface area contributed by atoms with Gasteiger partial charge in [-0.05, 0) is 29.0 Å².